The van der Waals surface area contributed by atoms with Gasteiger partial charge in [-0.3, -0.25) is 4.90 Å². The van der Waals surface area contributed by atoms with E-state index in [9.17, 15) is 13.2 Å². The van der Waals surface area contributed by atoms with E-state index in [1.807, 2.05) is 0 Å². The quantitative estimate of drug-likeness (QED) is 0.890. The molecule has 0 radical (unpaired) electrons. The number of hydrogen-bond donors (Lipinski definition) is 1. The number of nitrogens with one attached hydrogen (secondary N) is 1. The maximum Gasteiger partial charge on any atom is 0.416 e. The van der Waals surface area contributed by atoms with Gasteiger partial charge in [0, 0.05) is 6.54 Å². The standard InChI is InChI=1S/C14H19F3N2/c15-14(16,17)13-6-2-1-5-12(13)11-19-9-3-7-18-8-4-10-19/h1-2,5-6,18H,3-4,7-11H2. The van der Waals surface area contributed by atoms with Gasteiger partial charge < -0.3 is 5.32 Å². The summed E-state index contributed by atoms with van der Waals surface area (Å²) in [5, 5.41) is 3.30. The van der Waals surface area contributed by atoms with Crippen LogP contribution in [0, 0.1) is 0 Å². The van der Waals surface area contributed by atoms with Gasteiger partial charge in [0.2, 0.25) is 0 Å². The Balaban J connectivity index is 2.09. The Morgan fingerprint density at radius 1 is 1.05 bits per heavy atom. The first-order valence-corrected chi connectivity index (χ1v) is 6.65. The summed E-state index contributed by atoms with van der Waals surface area (Å²) in [5.41, 5.74) is -0.126. The summed E-state index contributed by atoms with van der Waals surface area (Å²) in [6, 6.07) is 5.88. The van der Waals surface area contributed by atoms with Crippen molar-refractivity contribution < 1.29 is 13.2 Å². The zero-order chi connectivity index (χ0) is 13.7. The maximum atomic E-state index is 12.9. The van der Waals surface area contributed by atoms with Crippen molar-refractivity contribution in [2.45, 2.75) is 25.6 Å². The predicted molar refractivity (Wildman–Crippen MR) is 68.8 cm³/mol. The lowest BCUT2D eigenvalue weighted by molar-refractivity contribution is -0.138. The van der Waals surface area contributed by atoms with Crippen LogP contribution in [0.25, 0.3) is 0 Å². The molecular weight excluding hydrogens is 253 g/mol. The molecule has 0 bridgehead atoms. The van der Waals surface area contributed by atoms with Crippen molar-refractivity contribution in [1.29, 1.82) is 0 Å². The van der Waals surface area contributed by atoms with Gasteiger partial charge in [0.15, 0.2) is 0 Å². The minimum Gasteiger partial charge on any atom is -0.317 e. The lowest BCUT2D eigenvalue weighted by atomic mass is 10.1. The third kappa shape index (κ3) is 4.21. The zero-order valence-electron chi connectivity index (χ0n) is 10.8. The summed E-state index contributed by atoms with van der Waals surface area (Å²) in [6.45, 7) is 3.96. The number of halogens is 3. The van der Waals surface area contributed by atoms with Crippen LogP contribution in [0.3, 0.4) is 0 Å². The largest absolute Gasteiger partial charge is 0.416 e. The van der Waals surface area contributed by atoms with Gasteiger partial charge >= 0.3 is 6.18 Å². The SMILES string of the molecule is FC(F)(F)c1ccccc1CN1CCCNCCC1. The Bertz CT molecular complexity index is 396. The summed E-state index contributed by atoms with van der Waals surface area (Å²) in [7, 11) is 0. The average Bonchev–Trinajstić information content (AvgIpc) is 2.32. The highest BCUT2D eigenvalue weighted by Crippen LogP contribution is 2.32. The molecule has 1 aliphatic heterocycles. The molecule has 1 saturated heterocycles. The van der Waals surface area contributed by atoms with Crippen molar-refractivity contribution in [2.24, 2.45) is 0 Å². The molecule has 19 heavy (non-hydrogen) atoms. The van der Waals surface area contributed by atoms with Crippen molar-refractivity contribution in [3.8, 4) is 0 Å². The fraction of sp³-hybridized carbons (Fsp3) is 0.571. The van der Waals surface area contributed by atoms with Crippen molar-refractivity contribution in [2.75, 3.05) is 26.2 Å². The molecule has 5 heteroatoms. The first-order chi connectivity index (χ1) is 9.07. The molecule has 0 atom stereocenters. The average molecular weight is 272 g/mol. The highest BCUT2D eigenvalue weighted by molar-refractivity contribution is 5.29. The second-order valence-electron chi connectivity index (χ2n) is 4.89. The smallest absolute Gasteiger partial charge is 0.317 e. The van der Waals surface area contributed by atoms with E-state index in [0.717, 1.165) is 39.0 Å². The molecule has 0 aromatic heterocycles. The Morgan fingerprint density at radius 2 is 1.68 bits per heavy atom. The van der Waals surface area contributed by atoms with E-state index < -0.39 is 11.7 Å². The van der Waals surface area contributed by atoms with Gasteiger partial charge in [-0.05, 0) is 50.7 Å². The van der Waals surface area contributed by atoms with E-state index in [-0.39, 0.29) is 0 Å². The Morgan fingerprint density at radius 3 is 2.32 bits per heavy atom. The molecule has 0 unspecified atom stereocenters. The molecule has 0 saturated carbocycles. The molecule has 2 rings (SSSR count). The van der Waals surface area contributed by atoms with E-state index in [1.165, 1.54) is 12.1 Å². The van der Waals surface area contributed by atoms with Crippen LogP contribution in [0.15, 0.2) is 24.3 Å². The van der Waals surface area contributed by atoms with Crippen LogP contribution in [0.5, 0.6) is 0 Å². The minimum absolute atomic E-state index is 0.378. The Labute approximate surface area is 111 Å². The van der Waals surface area contributed by atoms with E-state index in [2.05, 4.69) is 10.2 Å². The first-order valence-electron chi connectivity index (χ1n) is 6.65. The molecule has 1 N–H and O–H groups in total. The van der Waals surface area contributed by atoms with Crippen molar-refractivity contribution in [3.63, 3.8) is 0 Å². The number of nitrogens with zero attached hydrogens (tertiary/aromatic N) is 1. The fourth-order valence-corrected chi connectivity index (χ4v) is 2.43. The molecule has 0 spiro atoms. The van der Waals surface area contributed by atoms with Crippen LogP contribution >= 0.6 is 0 Å². The van der Waals surface area contributed by atoms with Crippen molar-refractivity contribution >= 4 is 0 Å². The molecule has 0 aliphatic carbocycles. The zero-order valence-corrected chi connectivity index (χ0v) is 10.8. The highest BCUT2D eigenvalue weighted by atomic mass is 19.4. The van der Waals surface area contributed by atoms with Crippen LogP contribution in [0.4, 0.5) is 13.2 Å². The molecular formula is C14H19F3N2. The van der Waals surface area contributed by atoms with Gasteiger partial charge in [-0.2, -0.15) is 13.2 Å². The third-order valence-electron chi connectivity index (χ3n) is 3.37. The van der Waals surface area contributed by atoms with Crippen LogP contribution in [0.2, 0.25) is 0 Å². The third-order valence-corrected chi connectivity index (χ3v) is 3.37. The van der Waals surface area contributed by atoms with E-state index in [1.54, 1.807) is 12.1 Å². The van der Waals surface area contributed by atoms with E-state index in [0.29, 0.717) is 12.1 Å². The number of rotatable bonds is 2. The van der Waals surface area contributed by atoms with E-state index in [4.69, 9.17) is 0 Å². The summed E-state index contributed by atoms with van der Waals surface area (Å²) in [6.07, 6.45) is -2.30. The highest BCUT2D eigenvalue weighted by Gasteiger charge is 2.33. The summed E-state index contributed by atoms with van der Waals surface area (Å²) >= 11 is 0. The Kier molecular flexibility index (Phi) is 4.82. The van der Waals surface area contributed by atoms with Gasteiger partial charge in [0.25, 0.3) is 0 Å². The second kappa shape index (κ2) is 6.39. The monoisotopic (exact) mass is 272 g/mol. The topological polar surface area (TPSA) is 15.3 Å². The number of benzene rings is 1. The molecule has 2 nitrogen and oxygen atoms in total. The molecule has 0 amide bonds. The molecule has 1 fully saturated rings. The predicted octanol–water partition coefficient (Wildman–Crippen LogP) is 2.89. The molecule has 1 aliphatic rings. The molecule has 1 aromatic rings. The molecule has 1 aromatic carbocycles. The van der Waals surface area contributed by atoms with Gasteiger partial charge in [0.1, 0.15) is 0 Å². The summed E-state index contributed by atoms with van der Waals surface area (Å²) in [4.78, 5) is 2.12. The normalized spacial score (nSPS) is 18.9. The van der Waals surface area contributed by atoms with Crippen LogP contribution in [-0.4, -0.2) is 31.1 Å². The van der Waals surface area contributed by atoms with Gasteiger partial charge in [-0.1, -0.05) is 18.2 Å². The lowest BCUT2D eigenvalue weighted by Crippen LogP contribution is -2.34. The van der Waals surface area contributed by atoms with Crippen LogP contribution in [0.1, 0.15) is 24.0 Å². The maximum absolute atomic E-state index is 12.9. The van der Waals surface area contributed by atoms with E-state index >= 15 is 0 Å². The number of hydrogen-bond acceptors (Lipinski definition) is 2. The lowest BCUT2D eigenvalue weighted by Gasteiger charge is -2.26. The van der Waals surface area contributed by atoms with Crippen molar-refractivity contribution in [3.05, 3.63) is 35.4 Å². The minimum atomic E-state index is -4.26. The van der Waals surface area contributed by atoms with Gasteiger partial charge in [-0.25, -0.2) is 0 Å². The first kappa shape index (κ1) is 14.3. The Hall–Kier alpha value is -1.07. The molecule has 1 heterocycles. The summed E-state index contributed by atoms with van der Waals surface area (Å²) < 4.78 is 38.8. The number of alkyl halides is 3. The van der Waals surface area contributed by atoms with Crippen LogP contribution in [-0.2, 0) is 12.7 Å². The molecule has 106 valence electrons. The fourth-order valence-electron chi connectivity index (χ4n) is 2.43. The van der Waals surface area contributed by atoms with Crippen molar-refractivity contribution in [1.82, 2.24) is 10.2 Å². The van der Waals surface area contributed by atoms with Gasteiger partial charge in [0.05, 0.1) is 5.56 Å². The summed E-state index contributed by atoms with van der Waals surface area (Å²) in [5.74, 6) is 0. The van der Waals surface area contributed by atoms with Gasteiger partial charge in [-0.15, -0.1) is 0 Å². The second-order valence-corrected chi connectivity index (χ2v) is 4.89. The van der Waals surface area contributed by atoms with Crippen LogP contribution < -0.4 is 5.32 Å².